The molecule has 136 valence electrons. The smallest absolute Gasteiger partial charge is 0.220 e. The first-order valence-corrected chi connectivity index (χ1v) is 10.2. The van der Waals surface area contributed by atoms with Crippen LogP contribution in [0.25, 0.3) is 0 Å². The number of hydrogen-bond donors (Lipinski definition) is 1. The van der Waals surface area contributed by atoms with Gasteiger partial charge in [0.05, 0.1) is 17.3 Å². The first-order chi connectivity index (χ1) is 11.3. The molecule has 0 atom stereocenters. The Kier molecular flexibility index (Phi) is 8.72. The average Bonchev–Trinajstić information content (AvgIpc) is 2.56. The molecule has 0 saturated carbocycles. The van der Waals surface area contributed by atoms with Crippen LogP contribution in [-0.4, -0.2) is 51.6 Å². The minimum atomic E-state index is -3.15. The molecular weight excluding hydrogens is 396 g/mol. The minimum absolute atomic E-state index is 0.0389. The largest absolute Gasteiger partial charge is 0.496 e. The van der Waals surface area contributed by atoms with E-state index in [4.69, 9.17) is 4.74 Å². The van der Waals surface area contributed by atoms with Gasteiger partial charge in [-0.05, 0) is 53.4 Å². The quantitative estimate of drug-likeness (QED) is 0.588. The highest BCUT2D eigenvalue weighted by Gasteiger charge is 2.14. The Balaban J connectivity index is 2.29. The molecule has 0 unspecified atom stereocenters. The second-order valence-electron chi connectivity index (χ2n) is 5.39. The number of sulfonamides is 1. The molecule has 0 bridgehead atoms. The maximum absolute atomic E-state index is 11.8. The molecule has 1 amide bonds. The van der Waals surface area contributed by atoms with Crippen molar-refractivity contribution >= 4 is 31.9 Å². The summed E-state index contributed by atoms with van der Waals surface area (Å²) in [5.41, 5.74) is 1.05. The molecule has 1 aromatic carbocycles. The zero-order valence-corrected chi connectivity index (χ0v) is 16.7. The summed E-state index contributed by atoms with van der Waals surface area (Å²) >= 11 is 3.42. The molecule has 8 heteroatoms. The predicted octanol–water partition coefficient (Wildman–Crippen LogP) is 2.18. The number of halogens is 1. The van der Waals surface area contributed by atoms with E-state index in [0.717, 1.165) is 15.8 Å². The molecule has 0 aromatic heterocycles. The summed E-state index contributed by atoms with van der Waals surface area (Å²) in [4.78, 5) is 11.8. The zero-order chi connectivity index (χ0) is 18.2. The SMILES string of the molecule is CCS(=O)(=O)N(C)CCCNC(=O)CCc1ccc(OC)c(Br)c1. The number of methoxy groups -OCH3 is 1. The van der Waals surface area contributed by atoms with Crippen molar-refractivity contribution in [2.45, 2.75) is 26.2 Å². The third-order valence-corrected chi connectivity index (χ3v) is 6.15. The first kappa shape index (κ1) is 20.9. The number of carbonyl (C=O) groups is 1. The van der Waals surface area contributed by atoms with Gasteiger partial charge in [0.15, 0.2) is 0 Å². The van der Waals surface area contributed by atoms with E-state index in [1.165, 1.54) is 4.31 Å². The Labute approximate surface area is 152 Å². The molecule has 24 heavy (non-hydrogen) atoms. The number of aryl methyl sites for hydroxylation is 1. The molecule has 1 rings (SSSR count). The van der Waals surface area contributed by atoms with E-state index in [2.05, 4.69) is 21.2 Å². The second kappa shape index (κ2) is 10.0. The molecular formula is C16H25BrN2O4S. The van der Waals surface area contributed by atoms with Crippen molar-refractivity contribution in [1.29, 1.82) is 0 Å². The lowest BCUT2D eigenvalue weighted by atomic mass is 10.1. The van der Waals surface area contributed by atoms with E-state index in [9.17, 15) is 13.2 Å². The van der Waals surface area contributed by atoms with Gasteiger partial charge in [0, 0.05) is 26.6 Å². The van der Waals surface area contributed by atoms with Gasteiger partial charge in [0.1, 0.15) is 5.75 Å². The molecule has 6 nitrogen and oxygen atoms in total. The molecule has 1 aromatic rings. The van der Waals surface area contributed by atoms with Crippen molar-refractivity contribution in [2.75, 3.05) is 33.0 Å². The minimum Gasteiger partial charge on any atom is -0.496 e. The van der Waals surface area contributed by atoms with Crippen LogP contribution in [0.5, 0.6) is 5.75 Å². The first-order valence-electron chi connectivity index (χ1n) is 7.83. The number of nitrogens with one attached hydrogen (secondary N) is 1. The van der Waals surface area contributed by atoms with Gasteiger partial charge >= 0.3 is 0 Å². The Morgan fingerprint density at radius 2 is 2.08 bits per heavy atom. The summed E-state index contributed by atoms with van der Waals surface area (Å²) in [7, 11) is 0.0162. The highest BCUT2D eigenvalue weighted by Crippen LogP contribution is 2.25. The molecule has 0 radical (unpaired) electrons. The van der Waals surface area contributed by atoms with Gasteiger partial charge in [-0.2, -0.15) is 0 Å². The number of amides is 1. The van der Waals surface area contributed by atoms with Gasteiger partial charge < -0.3 is 10.1 Å². The summed E-state index contributed by atoms with van der Waals surface area (Å²) < 4.78 is 30.5. The Hall–Kier alpha value is -1.12. The monoisotopic (exact) mass is 420 g/mol. The maximum atomic E-state index is 11.8. The van der Waals surface area contributed by atoms with Crippen LogP contribution in [0.15, 0.2) is 22.7 Å². The second-order valence-corrected chi connectivity index (χ2v) is 8.61. The number of hydrogen-bond acceptors (Lipinski definition) is 4. The molecule has 0 spiro atoms. The molecule has 0 aliphatic carbocycles. The Bertz CT molecular complexity index is 649. The summed E-state index contributed by atoms with van der Waals surface area (Å²) in [6.45, 7) is 2.49. The van der Waals surface area contributed by atoms with Gasteiger partial charge in [-0.15, -0.1) is 0 Å². The summed E-state index contributed by atoms with van der Waals surface area (Å²) in [6, 6.07) is 5.74. The standard InChI is InChI=1S/C16H25BrN2O4S/c1-4-24(21,22)19(2)11-5-10-18-16(20)9-7-13-6-8-15(23-3)14(17)12-13/h6,8,12H,4-5,7,9-11H2,1-3H3,(H,18,20). The van der Waals surface area contributed by atoms with Crippen LogP contribution in [0.2, 0.25) is 0 Å². The van der Waals surface area contributed by atoms with Crippen LogP contribution in [-0.2, 0) is 21.2 Å². The van der Waals surface area contributed by atoms with Crippen LogP contribution in [0.1, 0.15) is 25.3 Å². The lowest BCUT2D eigenvalue weighted by molar-refractivity contribution is -0.121. The summed E-state index contributed by atoms with van der Waals surface area (Å²) in [5.74, 6) is 0.810. The van der Waals surface area contributed by atoms with Crippen LogP contribution in [0, 0.1) is 0 Å². The van der Waals surface area contributed by atoms with Crippen molar-refractivity contribution in [1.82, 2.24) is 9.62 Å². The van der Waals surface area contributed by atoms with Crippen LogP contribution < -0.4 is 10.1 Å². The third kappa shape index (κ3) is 6.78. The molecule has 0 saturated heterocycles. The molecule has 0 aliphatic rings. The normalized spacial score (nSPS) is 11.5. The fourth-order valence-electron chi connectivity index (χ4n) is 2.10. The topological polar surface area (TPSA) is 75.7 Å². The third-order valence-electron chi connectivity index (χ3n) is 3.67. The van der Waals surface area contributed by atoms with E-state index < -0.39 is 10.0 Å². The Morgan fingerprint density at radius 3 is 2.67 bits per heavy atom. The van der Waals surface area contributed by atoms with Crippen molar-refractivity contribution < 1.29 is 17.9 Å². The average molecular weight is 421 g/mol. The van der Waals surface area contributed by atoms with Crippen molar-refractivity contribution in [3.8, 4) is 5.75 Å². The van der Waals surface area contributed by atoms with Crippen LogP contribution >= 0.6 is 15.9 Å². The van der Waals surface area contributed by atoms with E-state index >= 15 is 0 Å². The fraction of sp³-hybridized carbons (Fsp3) is 0.562. The van der Waals surface area contributed by atoms with Crippen molar-refractivity contribution in [2.24, 2.45) is 0 Å². The molecule has 0 fully saturated rings. The summed E-state index contributed by atoms with van der Waals surface area (Å²) in [5, 5.41) is 2.82. The molecule has 0 heterocycles. The fourth-order valence-corrected chi connectivity index (χ4v) is 3.54. The summed E-state index contributed by atoms with van der Waals surface area (Å²) in [6.07, 6.45) is 1.62. The van der Waals surface area contributed by atoms with Gasteiger partial charge in [-0.25, -0.2) is 12.7 Å². The van der Waals surface area contributed by atoms with E-state index in [-0.39, 0.29) is 11.7 Å². The molecule has 1 N–H and O–H groups in total. The van der Waals surface area contributed by atoms with Gasteiger partial charge in [-0.1, -0.05) is 6.07 Å². The number of benzene rings is 1. The lowest BCUT2D eigenvalue weighted by Gasteiger charge is -2.15. The zero-order valence-electron chi connectivity index (χ0n) is 14.3. The predicted molar refractivity (Wildman–Crippen MR) is 98.7 cm³/mol. The Morgan fingerprint density at radius 1 is 1.38 bits per heavy atom. The number of rotatable bonds is 10. The lowest BCUT2D eigenvalue weighted by Crippen LogP contribution is -2.32. The van der Waals surface area contributed by atoms with Crippen molar-refractivity contribution in [3.63, 3.8) is 0 Å². The van der Waals surface area contributed by atoms with Crippen molar-refractivity contribution in [3.05, 3.63) is 28.2 Å². The van der Waals surface area contributed by atoms with Crippen LogP contribution in [0.3, 0.4) is 0 Å². The van der Waals surface area contributed by atoms with E-state index in [1.54, 1.807) is 21.1 Å². The van der Waals surface area contributed by atoms with E-state index in [0.29, 0.717) is 32.4 Å². The number of ether oxygens (including phenoxy) is 1. The highest BCUT2D eigenvalue weighted by atomic mass is 79.9. The van der Waals surface area contributed by atoms with Gasteiger partial charge in [0.25, 0.3) is 0 Å². The van der Waals surface area contributed by atoms with Crippen LogP contribution in [0.4, 0.5) is 0 Å². The van der Waals surface area contributed by atoms with Gasteiger partial charge in [0.2, 0.25) is 15.9 Å². The number of carbonyl (C=O) groups excluding carboxylic acids is 1. The number of nitrogens with zero attached hydrogens (tertiary/aromatic N) is 1. The highest BCUT2D eigenvalue weighted by molar-refractivity contribution is 9.10. The molecule has 0 aliphatic heterocycles. The van der Waals surface area contributed by atoms with Gasteiger partial charge in [-0.3, -0.25) is 4.79 Å². The van der Waals surface area contributed by atoms with E-state index in [1.807, 2.05) is 18.2 Å². The maximum Gasteiger partial charge on any atom is 0.220 e.